The molecule has 0 unspecified atom stereocenters. The molecule has 17 heavy (non-hydrogen) atoms. The smallest absolute Gasteiger partial charge is 0.0992 e. The average Bonchev–Trinajstić information content (AvgIpc) is 2.37. The molecule has 1 aromatic rings. The molecule has 0 bridgehead atoms. The summed E-state index contributed by atoms with van der Waals surface area (Å²) < 4.78 is 5.42. The van der Waals surface area contributed by atoms with Crippen LogP contribution in [0.15, 0.2) is 24.3 Å². The number of nitrogens with zero attached hydrogens (tertiary/aromatic N) is 2. The van der Waals surface area contributed by atoms with Crippen molar-refractivity contribution in [1.82, 2.24) is 0 Å². The number of nitriles is 1. The summed E-state index contributed by atoms with van der Waals surface area (Å²) in [5, 5.41) is 8.89. The van der Waals surface area contributed by atoms with Crippen LogP contribution in [0.1, 0.15) is 18.4 Å². The standard InChI is InChI=1S/C14H16N2O/c15-9-12-2-1-3-13(8-12)16-10-14(11-16)4-6-17-7-5-14/h1-3,8H,4-7,10-11H2. The summed E-state index contributed by atoms with van der Waals surface area (Å²) in [6, 6.07) is 10.1. The van der Waals surface area contributed by atoms with Crippen molar-refractivity contribution in [3.63, 3.8) is 0 Å². The van der Waals surface area contributed by atoms with E-state index in [2.05, 4.69) is 17.0 Å². The quantitative estimate of drug-likeness (QED) is 0.739. The summed E-state index contributed by atoms with van der Waals surface area (Å²) >= 11 is 0. The molecule has 0 radical (unpaired) electrons. The maximum absolute atomic E-state index is 8.89. The van der Waals surface area contributed by atoms with Gasteiger partial charge in [-0.05, 0) is 31.0 Å². The van der Waals surface area contributed by atoms with Crippen LogP contribution in [0.5, 0.6) is 0 Å². The van der Waals surface area contributed by atoms with Crippen molar-refractivity contribution in [1.29, 1.82) is 5.26 Å². The molecule has 0 saturated carbocycles. The Morgan fingerprint density at radius 1 is 1.24 bits per heavy atom. The van der Waals surface area contributed by atoms with Gasteiger partial charge in [-0.1, -0.05) is 6.07 Å². The van der Waals surface area contributed by atoms with Crippen molar-refractivity contribution in [2.24, 2.45) is 5.41 Å². The Hall–Kier alpha value is -1.53. The van der Waals surface area contributed by atoms with Crippen molar-refractivity contribution in [2.75, 3.05) is 31.2 Å². The topological polar surface area (TPSA) is 36.3 Å². The normalized spacial score (nSPS) is 21.9. The van der Waals surface area contributed by atoms with Gasteiger partial charge in [0.1, 0.15) is 0 Å². The second-order valence-electron chi connectivity index (χ2n) is 5.13. The van der Waals surface area contributed by atoms with Gasteiger partial charge in [0.05, 0.1) is 11.6 Å². The van der Waals surface area contributed by atoms with Gasteiger partial charge in [-0.3, -0.25) is 0 Å². The lowest BCUT2D eigenvalue weighted by molar-refractivity contribution is -0.000192. The van der Waals surface area contributed by atoms with Gasteiger partial charge in [-0.2, -0.15) is 5.26 Å². The third-order valence-electron chi connectivity index (χ3n) is 3.95. The van der Waals surface area contributed by atoms with Gasteiger partial charge >= 0.3 is 0 Å². The molecule has 2 aliphatic rings. The molecular formula is C14H16N2O. The predicted molar refractivity (Wildman–Crippen MR) is 65.9 cm³/mol. The first-order chi connectivity index (χ1) is 8.31. The van der Waals surface area contributed by atoms with Crippen LogP contribution in [0.25, 0.3) is 0 Å². The second-order valence-corrected chi connectivity index (χ2v) is 5.13. The zero-order valence-corrected chi connectivity index (χ0v) is 9.85. The highest BCUT2D eigenvalue weighted by molar-refractivity contribution is 5.54. The Balaban J connectivity index is 1.70. The number of rotatable bonds is 1. The molecule has 1 spiro atoms. The Labute approximate surface area is 102 Å². The van der Waals surface area contributed by atoms with Gasteiger partial charge in [0.2, 0.25) is 0 Å². The molecule has 0 N–H and O–H groups in total. The summed E-state index contributed by atoms with van der Waals surface area (Å²) in [6.45, 7) is 4.05. The van der Waals surface area contributed by atoms with Gasteiger partial charge < -0.3 is 9.64 Å². The van der Waals surface area contributed by atoms with Crippen LogP contribution in [0, 0.1) is 16.7 Å². The number of anilines is 1. The first-order valence-electron chi connectivity index (χ1n) is 6.14. The lowest BCUT2D eigenvalue weighted by Crippen LogP contribution is -2.58. The highest BCUT2D eigenvalue weighted by Gasteiger charge is 2.43. The summed E-state index contributed by atoms with van der Waals surface area (Å²) in [5.41, 5.74) is 2.41. The molecule has 88 valence electrons. The molecule has 2 aliphatic heterocycles. The largest absolute Gasteiger partial charge is 0.381 e. The minimum atomic E-state index is 0.487. The number of ether oxygens (including phenoxy) is 1. The number of benzene rings is 1. The first-order valence-corrected chi connectivity index (χ1v) is 6.14. The van der Waals surface area contributed by atoms with Gasteiger partial charge in [-0.25, -0.2) is 0 Å². The molecule has 2 saturated heterocycles. The van der Waals surface area contributed by atoms with Crippen LogP contribution >= 0.6 is 0 Å². The SMILES string of the molecule is N#Cc1cccc(N2CC3(CCOCC3)C2)c1. The molecule has 1 aromatic carbocycles. The fourth-order valence-corrected chi connectivity index (χ4v) is 2.84. The van der Waals surface area contributed by atoms with Crippen LogP contribution in [0.4, 0.5) is 5.69 Å². The van der Waals surface area contributed by atoms with Crippen LogP contribution < -0.4 is 4.90 Å². The predicted octanol–water partition coefficient (Wildman–Crippen LogP) is 2.18. The highest BCUT2D eigenvalue weighted by Crippen LogP contribution is 2.41. The van der Waals surface area contributed by atoms with Gasteiger partial charge in [0, 0.05) is 37.4 Å². The summed E-state index contributed by atoms with van der Waals surface area (Å²) in [5.74, 6) is 0. The zero-order valence-electron chi connectivity index (χ0n) is 9.85. The molecular weight excluding hydrogens is 212 g/mol. The molecule has 0 aromatic heterocycles. The second kappa shape index (κ2) is 4.05. The van der Waals surface area contributed by atoms with Crippen molar-refractivity contribution in [2.45, 2.75) is 12.8 Å². The summed E-state index contributed by atoms with van der Waals surface area (Å²) in [4.78, 5) is 2.37. The van der Waals surface area contributed by atoms with Gasteiger partial charge in [0.15, 0.2) is 0 Å². The molecule has 0 amide bonds. The van der Waals surface area contributed by atoms with E-state index in [1.165, 1.54) is 18.5 Å². The third-order valence-corrected chi connectivity index (χ3v) is 3.95. The first kappa shape index (κ1) is 10.6. The number of hydrogen-bond donors (Lipinski definition) is 0. The maximum atomic E-state index is 8.89. The van der Waals surface area contributed by atoms with Crippen LogP contribution in [0.2, 0.25) is 0 Å². The van der Waals surface area contributed by atoms with Crippen molar-refractivity contribution in [3.8, 4) is 6.07 Å². The van der Waals surface area contributed by atoms with E-state index in [9.17, 15) is 0 Å². The van der Waals surface area contributed by atoms with Crippen LogP contribution in [0.3, 0.4) is 0 Å². The fraction of sp³-hybridized carbons (Fsp3) is 0.500. The molecule has 3 heteroatoms. The van der Waals surface area contributed by atoms with E-state index in [1.807, 2.05) is 18.2 Å². The molecule has 2 fully saturated rings. The average molecular weight is 228 g/mol. The van der Waals surface area contributed by atoms with Crippen molar-refractivity contribution in [3.05, 3.63) is 29.8 Å². The summed E-state index contributed by atoms with van der Waals surface area (Å²) in [7, 11) is 0. The van der Waals surface area contributed by atoms with E-state index in [1.54, 1.807) is 0 Å². The zero-order chi connectivity index (χ0) is 11.7. The van der Waals surface area contributed by atoms with Crippen molar-refractivity contribution >= 4 is 5.69 Å². The Bertz CT molecular complexity index is 450. The van der Waals surface area contributed by atoms with E-state index in [0.717, 1.165) is 31.9 Å². The van der Waals surface area contributed by atoms with E-state index >= 15 is 0 Å². The molecule has 3 nitrogen and oxygen atoms in total. The lowest BCUT2D eigenvalue weighted by atomic mass is 9.73. The van der Waals surface area contributed by atoms with E-state index < -0.39 is 0 Å². The minimum Gasteiger partial charge on any atom is -0.381 e. The van der Waals surface area contributed by atoms with Gasteiger partial charge in [-0.15, -0.1) is 0 Å². The molecule has 2 heterocycles. The summed E-state index contributed by atoms with van der Waals surface area (Å²) in [6.07, 6.45) is 2.36. The molecule has 0 atom stereocenters. The van der Waals surface area contributed by atoms with Crippen molar-refractivity contribution < 1.29 is 4.74 Å². The van der Waals surface area contributed by atoms with Gasteiger partial charge in [0.25, 0.3) is 0 Å². The Kier molecular flexibility index (Phi) is 2.53. The Morgan fingerprint density at radius 2 is 2.00 bits per heavy atom. The maximum Gasteiger partial charge on any atom is 0.0992 e. The monoisotopic (exact) mass is 228 g/mol. The van der Waals surface area contributed by atoms with E-state index in [4.69, 9.17) is 10.00 Å². The third kappa shape index (κ3) is 1.89. The van der Waals surface area contributed by atoms with Crippen LogP contribution in [-0.2, 0) is 4.74 Å². The minimum absolute atomic E-state index is 0.487. The van der Waals surface area contributed by atoms with Crippen LogP contribution in [-0.4, -0.2) is 26.3 Å². The number of hydrogen-bond acceptors (Lipinski definition) is 3. The van der Waals surface area contributed by atoms with E-state index in [-0.39, 0.29) is 0 Å². The lowest BCUT2D eigenvalue weighted by Gasteiger charge is -2.53. The fourth-order valence-electron chi connectivity index (χ4n) is 2.84. The molecule has 0 aliphatic carbocycles. The highest BCUT2D eigenvalue weighted by atomic mass is 16.5. The Morgan fingerprint density at radius 3 is 2.71 bits per heavy atom. The molecule has 3 rings (SSSR count). The van der Waals surface area contributed by atoms with E-state index in [0.29, 0.717) is 5.41 Å².